The first-order valence-electron chi connectivity index (χ1n) is 11.4. The molecule has 2 aromatic heterocycles. The van der Waals surface area contributed by atoms with Gasteiger partial charge in [0.15, 0.2) is 11.6 Å². The monoisotopic (exact) mass is 467 g/mol. The molecule has 1 fully saturated rings. The molecule has 10 heteroatoms. The summed E-state index contributed by atoms with van der Waals surface area (Å²) in [6.45, 7) is 5.35. The third-order valence-electron chi connectivity index (χ3n) is 6.14. The molecule has 0 saturated carbocycles. The molecule has 4 rings (SSSR count). The highest BCUT2D eigenvalue weighted by molar-refractivity contribution is 5.94. The number of rotatable bonds is 9. The van der Waals surface area contributed by atoms with Crippen molar-refractivity contribution in [3.63, 3.8) is 0 Å². The molecule has 0 spiro atoms. The van der Waals surface area contributed by atoms with Gasteiger partial charge in [-0.2, -0.15) is 5.10 Å². The molecule has 0 aliphatic carbocycles. The number of amides is 1. The van der Waals surface area contributed by atoms with E-state index in [-0.39, 0.29) is 11.7 Å². The standard InChI is InChI=1S/C24H30FN7O2/c1-4-31-8-7-20(15-31)32-14-19(13-29-32)30-24-27-11-16(12-28-24)5-6-17-9-18(23(33)26-2)10-21(34-3)22(17)25/h9-14,20H,4-8,15H2,1-3H3,(H,26,33)(H,27,28,30)/t20-/m0/s1. The van der Waals surface area contributed by atoms with Gasteiger partial charge in [0.25, 0.3) is 5.91 Å². The predicted molar refractivity (Wildman–Crippen MR) is 127 cm³/mol. The first-order chi connectivity index (χ1) is 16.5. The Morgan fingerprint density at radius 1 is 1.24 bits per heavy atom. The van der Waals surface area contributed by atoms with Crippen molar-refractivity contribution in [1.29, 1.82) is 0 Å². The first-order valence-corrected chi connectivity index (χ1v) is 11.4. The number of anilines is 2. The molecule has 3 heterocycles. The van der Waals surface area contributed by atoms with Crippen molar-refractivity contribution in [1.82, 2.24) is 30.0 Å². The zero-order chi connectivity index (χ0) is 24.1. The fourth-order valence-electron chi connectivity index (χ4n) is 4.14. The number of nitrogens with one attached hydrogen (secondary N) is 2. The van der Waals surface area contributed by atoms with Gasteiger partial charge in [-0.15, -0.1) is 0 Å². The lowest BCUT2D eigenvalue weighted by molar-refractivity contribution is 0.0962. The fourth-order valence-corrected chi connectivity index (χ4v) is 4.14. The van der Waals surface area contributed by atoms with Gasteiger partial charge >= 0.3 is 0 Å². The van der Waals surface area contributed by atoms with E-state index in [2.05, 4.69) is 37.5 Å². The van der Waals surface area contributed by atoms with E-state index in [1.54, 1.807) is 24.7 Å². The van der Waals surface area contributed by atoms with E-state index in [1.165, 1.54) is 20.2 Å². The molecular formula is C24H30FN7O2. The molecule has 1 saturated heterocycles. The van der Waals surface area contributed by atoms with Gasteiger partial charge in [-0.3, -0.25) is 9.48 Å². The number of aryl methyl sites for hydroxylation is 2. The van der Waals surface area contributed by atoms with Crippen LogP contribution in [-0.4, -0.2) is 64.3 Å². The van der Waals surface area contributed by atoms with Crippen molar-refractivity contribution >= 4 is 17.5 Å². The Morgan fingerprint density at radius 2 is 2.03 bits per heavy atom. The van der Waals surface area contributed by atoms with Crippen molar-refractivity contribution in [2.24, 2.45) is 0 Å². The summed E-state index contributed by atoms with van der Waals surface area (Å²) in [5, 5.41) is 10.2. The molecule has 180 valence electrons. The number of nitrogens with zero attached hydrogens (tertiary/aromatic N) is 5. The zero-order valence-corrected chi connectivity index (χ0v) is 19.7. The van der Waals surface area contributed by atoms with E-state index in [0.29, 0.717) is 36.0 Å². The molecule has 0 bridgehead atoms. The SMILES string of the molecule is CCN1CC[C@H](n2cc(Nc3ncc(CCc4cc(C(=O)NC)cc(OC)c4F)cn3)cn2)C1. The van der Waals surface area contributed by atoms with E-state index < -0.39 is 5.82 Å². The van der Waals surface area contributed by atoms with Crippen LogP contribution in [-0.2, 0) is 12.8 Å². The van der Waals surface area contributed by atoms with Crippen LogP contribution in [0.3, 0.4) is 0 Å². The summed E-state index contributed by atoms with van der Waals surface area (Å²) in [4.78, 5) is 23.2. The Labute approximate surface area is 198 Å². The normalized spacial score (nSPS) is 15.9. The van der Waals surface area contributed by atoms with Crippen molar-refractivity contribution < 1.29 is 13.9 Å². The van der Waals surface area contributed by atoms with E-state index in [4.69, 9.17) is 4.74 Å². The maximum atomic E-state index is 14.7. The fraction of sp³-hybridized carbons (Fsp3) is 0.417. The summed E-state index contributed by atoms with van der Waals surface area (Å²) in [7, 11) is 2.91. The lowest BCUT2D eigenvalue weighted by Gasteiger charge is -2.13. The predicted octanol–water partition coefficient (Wildman–Crippen LogP) is 2.98. The van der Waals surface area contributed by atoms with Crippen LogP contribution in [0, 0.1) is 5.82 Å². The van der Waals surface area contributed by atoms with Crippen LogP contribution in [0.4, 0.5) is 16.0 Å². The number of aromatic nitrogens is 4. The summed E-state index contributed by atoms with van der Waals surface area (Å²) in [6, 6.07) is 3.34. The molecule has 3 aromatic rings. The van der Waals surface area contributed by atoms with Crippen LogP contribution in [0.5, 0.6) is 5.75 Å². The second kappa shape index (κ2) is 10.6. The Balaban J connectivity index is 1.37. The van der Waals surface area contributed by atoms with Gasteiger partial charge in [-0.05, 0) is 49.1 Å². The number of carbonyl (C=O) groups excluding carboxylic acids is 1. The van der Waals surface area contributed by atoms with Gasteiger partial charge in [-0.1, -0.05) is 6.92 Å². The summed E-state index contributed by atoms with van der Waals surface area (Å²) in [5.74, 6) is -0.236. The highest BCUT2D eigenvalue weighted by atomic mass is 19.1. The van der Waals surface area contributed by atoms with Crippen LogP contribution < -0.4 is 15.4 Å². The average molecular weight is 468 g/mol. The Hall–Kier alpha value is -3.53. The van der Waals surface area contributed by atoms with E-state index >= 15 is 0 Å². The summed E-state index contributed by atoms with van der Waals surface area (Å²) in [5.41, 5.74) is 2.45. The molecule has 0 radical (unpaired) electrons. The van der Waals surface area contributed by atoms with E-state index in [9.17, 15) is 9.18 Å². The quantitative estimate of drug-likeness (QED) is 0.499. The zero-order valence-electron chi connectivity index (χ0n) is 19.7. The number of hydrogen-bond acceptors (Lipinski definition) is 7. The van der Waals surface area contributed by atoms with Crippen LogP contribution in [0.25, 0.3) is 0 Å². The van der Waals surface area contributed by atoms with Crippen molar-refractivity contribution in [3.8, 4) is 5.75 Å². The topological polar surface area (TPSA) is 97.2 Å². The number of benzene rings is 1. The molecule has 1 aliphatic heterocycles. The van der Waals surface area contributed by atoms with Crippen LogP contribution in [0.2, 0.25) is 0 Å². The third-order valence-corrected chi connectivity index (χ3v) is 6.14. The molecule has 1 aromatic carbocycles. The maximum absolute atomic E-state index is 14.7. The smallest absolute Gasteiger partial charge is 0.251 e. The highest BCUT2D eigenvalue weighted by Gasteiger charge is 2.23. The number of methoxy groups -OCH3 is 1. The van der Waals surface area contributed by atoms with Crippen LogP contribution in [0.15, 0.2) is 36.9 Å². The molecule has 2 N–H and O–H groups in total. The maximum Gasteiger partial charge on any atom is 0.251 e. The van der Waals surface area contributed by atoms with Crippen molar-refractivity contribution in [2.75, 3.05) is 39.1 Å². The number of likely N-dealkylation sites (N-methyl/N-ethyl adjacent to an activating group) is 1. The number of halogens is 1. The van der Waals surface area contributed by atoms with Crippen LogP contribution >= 0.6 is 0 Å². The summed E-state index contributed by atoms with van der Waals surface area (Å²) in [6.07, 6.45) is 9.19. The highest BCUT2D eigenvalue weighted by Crippen LogP contribution is 2.25. The third kappa shape index (κ3) is 5.33. The van der Waals surface area contributed by atoms with Crippen LogP contribution in [0.1, 0.15) is 40.9 Å². The Morgan fingerprint density at radius 3 is 2.71 bits per heavy atom. The molecule has 9 nitrogen and oxygen atoms in total. The molecule has 1 atom stereocenters. The van der Waals surface area contributed by atoms with E-state index in [1.807, 2.05) is 10.9 Å². The van der Waals surface area contributed by atoms with Gasteiger partial charge in [0, 0.05) is 44.3 Å². The lowest BCUT2D eigenvalue weighted by Crippen LogP contribution is -2.21. The van der Waals surface area contributed by atoms with E-state index in [0.717, 1.165) is 37.3 Å². The number of hydrogen-bond donors (Lipinski definition) is 2. The van der Waals surface area contributed by atoms with Gasteiger partial charge in [0.05, 0.1) is 25.0 Å². The van der Waals surface area contributed by atoms with Crippen molar-refractivity contribution in [3.05, 3.63) is 59.4 Å². The second-order valence-electron chi connectivity index (χ2n) is 8.32. The molecule has 1 amide bonds. The second-order valence-corrected chi connectivity index (χ2v) is 8.32. The molecular weight excluding hydrogens is 437 g/mol. The molecule has 34 heavy (non-hydrogen) atoms. The summed E-state index contributed by atoms with van der Waals surface area (Å²) < 4.78 is 21.8. The number of likely N-dealkylation sites (tertiary alicyclic amines) is 1. The first kappa shape index (κ1) is 23.6. The van der Waals surface area contributed by atoms with Crippen molar-refractivity contribution in [2.45, 2.75) is 32.2 Å². The summed E-state index contributed by atoms with van der Waals surface area (Å²) >= 11 is 0. The van der Waals surface area contributed by atoms with Gasteiger partial charge in [0.2, 0.25) is 5.95 Å². The average Bonchev–Trinajstić information content (AvgIpc) is 3.53. The van der Waals surface area contributed by atoms with Gasteiger partial charge in [0.1, 0.15) is 0 Å². The minimum absolute atomic E-state index is 0.0486. The Bertz CT molecular complexity index is 1130. The lowest BCUT2D eigenvalue weighted by atomic mass is 10.0. The minimum Gasteiger partial charge on any atom is -0.494 e. The number of ether oxygens (including phenoxy) is 1. The molecule has 1 aliphatic rings. The number of carbonyl (C=O) groups is 1. The van der Waals surface area contributed by atoms with Gasteiger partial charge < -0.3 is 20.3 Å². The van der Waals surface area contributed by atoms with Gasteiger partial charge in [-0.25, -0.2) is 14.4 Å². The minimum atomic E-state index is -0.462. The molecule has 0 unspecified atom stereocenters. The Kier molecular flexibility index (Phi) is 7.36. The largest absolute Gasteiger partial charge is 0.494 e.